The Bertz CT molecular complexity index is 987. The molecule has 0 spiro atoms. The molecule has 4 N–H and O–H groups in total. The molecule has 0 radical (unpaired) electrons. The third-order valence-electron chi connectivity index (χ3n) is 4.89. The van der Waals surface area contributed by atoms with Crippen LogP contribution >= 0.6 is 11.6 Å². The van der Waals surface area contributed by atoms with Crippen LogP contribution < -0.4 is 15.4 Å². The van der Waals surface area contributed by atoms with Crippen LogP contribution in [0.1, 0.15) is 19.4 Å². The summed E-state index contributed by atoms with van der Waals surface area (Å²) < 4.78 is 19.8. The molecule has 178 valence electrons. The zero-order chi connectivity index (χ0) is 24.1. The van der Waals surface area contributed by atoms with E-state index in [0.717, 1.165) is 4.90 Å². The van der Waals surface area contributed by atoms with Crippen molar-refractivity contribution in [2.75, 3.05) is 18.5 Å². The number of hydrogen-bond donors (Lipinski definition) is 4. The van der Waals surface area contributed by atoms with Gasteiger partial charge in [0.1, 0.15) is 0 Å². The quantitative estimate of drug-likeness (QED) is 0.439. The molecular weight excluding hydrogens is 455 g/mol. The van der Waals surface area contributed by atoms with Gasteiger partial charge in [-0.05, 0) is 43.7 Å². The summed E-state index contributed by atoms with van der Waals surface area (Å²) in [6, 6.07) is 8.33. The van der Waals surface area contributed by atoms with Crippen molar-refractivity contribution in [2.45, 2.75) is 38.8 Å². The minimum atomic E-state index is -1.11. The predicted octanol–water partition coefficient (Wildman–Crippen LogP) is 2.96. The Balaban J connectivity index is 1.88. The molecule has 1 heterocycles. The number of hydrogen-bond acceptors (Lipinski definition) is 6. The van der Waals surface area contributed by atoms with Crippen molar-refractivity contribution in [1.29, 1.82) is 0 Å². The fraction of sp³-hybridized carbons (Fsp3) is 0.364. The van der Waals surface area contributed by atoms with Gasteiger partial charge in [0.05, 0.1) is 31.9 Å². The first-order chi connectivity index (χ1) is 15.7. The minimum absolute atomic E-state index is 0.0606. The highest BCUT2D eigenvalue weighted by molar-refractivity contribution is 6.30. The molecule has 2 aromatic carbocycles. The van der Waals surface area contributed by atoms with E-state index in [9.17, 15) is 24.2 Å². The zero-order valence-electron chi connectivity index (χ0n) is 18.2. The van der Waals surface area contributed by atoms with Crippen LogP contribution in [-0.4, -0.2) is 63.7 Å². The van der Waals surface area contributed by atoms with Crippen molar-refractivity contribution >= 4 is 29.4 Å². The third kappa shape index (κ3) is 5.84. The fourth-order valence-corrected chi connectivity index (χ4v) is 3.43. The molecule has 1 atom stereocenters. The first kappa shape index (κ1) is 24.6. The molecule has 0 bridgehead atoms. The summed E-state index contributed by atoms with van der Waals surface area (Å²) in [5, 5.41) is 25.1. The molecule has 1 aliphatic rings. The van der Waals surface area contributed by atoms with Gasteiger partial charge < -0.3 is 20.3 Å². The number of aliphatic hydroxyl groups excluding tert-OH is 2. The number of benzene rings is 2. The first-order valence-electron chi connectivity index (χ1n) is 10.3. The number of urea groups is 2. The maximum absolute atomic E-state index is 14.5. The lowest BCUT2D eigenvalue weighted by molar-refractivity contribution is 0.0587. The lowest BCUT2D eigenvalue weighted by atomic mass is 10.2. The molecule has 1 aliphatic heterocycles. The number of rotatable bonds is 9. The monoisotopic (exact) mass is 480 g/mol. The maximum Gasteiger partial charge on any atom is 0.331 e. The van der Waals surface area contributed by atoms with Crippen LogP contribution in [0.5, 0.6) is 5.75 Å². The number of aliphatic hydroxyl groups is 2. The molecule has 4 amide bonds. The van der Waals surface area contributed by atoms with Crippen molar-refractivity contribution < 1.29 is 28.9 Å². The van der Waals surface area contributed by atoms with Gasteiger partial charge in [-0.15, -0.1) is 0 Å². The Morgan fingerprint density at radius 1 is 1.15 bits per heavy atom. The molecule has 1 fully saturated rings. The Hall–Kier alpha value is -3.08. The predicted molar refractivity (Wildman–Crippen MR) is 120 cm³/mol. The summed E-state index contributed by atoms with van der Waals surface area (Å²) in [6.45, 7) is 2.41. The third-order valence-corrected chi connectivity index (χ3v) is 5.15. The minimum Gasteiger partial charge on any atom is -0.488 e. The molecule has 3 rings (SSSR count). The fourth-order valence-electron chi connectivity index (χ4n) is 3.30. The molecule has 0 saturated carbocycles. The largest absolute Gasteiger partial charge is 0.488 e. The Morgan fingerprint density at radius 3 is 2.39 bits per heavy atom. The van der Waals surface area contributed by atoms with Gasteiger partial charge in [0, 0.05) is 16.8 Å². The summed E-state index contributed by atoms with van der Waals surface area (Å²) in [5.74, 6) is -0.522. The Labute approximate surface area is 195 Å². The normalized spacial score (nSPS) is 16.4. The molecule has 1 saturated heterocycles. The maximum atomic E-state index is 14.5. The molecule has 33 heavy (non-hydrogen) atoms. The van der Waals surface area contributed by atoms with Crippen LogP contribution in [0.25, 0.3) is 0 Å². The van der Waals surface area contributed by atoms with Crippen molar-refractivity contribution in [3.63, 3.8) is 0 Å². The van der Waals surface area contributed by atoms with Crippen LogP contribution in [0, 0.1) is 5.82 Å². The second kappa shape index (κ2) is 10.7. The SMILES string of the molecule is CC(C)Oc1ccc(NC2NC(=O)N(C(CO)CO)C(=O)N2Cc2ccc(Cl)cc2)cc1F. The summed E-state index contributed by atoms with van der Waals surface area (Å²) >= 11 is 5.94. The highest BCUT2D eigenvalue weighted by Crippen LogP contribution is 2.25. The standard InChI is InChI=1S/C22H26ClFN4O5/c1-13(2)33-19-8-7-16(9-18(19)24)25-20-26-21(31)28(17(11-29)12-30)22(32)27(20)10-14-3-5-15(23)6-4-14/h3-9,13,17,20,25,29-30H,10-12H2,1-2H3,(H,26,31). The Kier molecular flexibility index (Phi) is 7.96. The van der Waals surface area contributed by atoms with Gasteiger partial charge in [-0.1, -0.05) is 23.7 Å². The first-order valence-corrected chi connectivity index (χ1v) is 10.7. The Morgan fingerprint density at radius 2 is 1.82 bits per heavy atom. The average Bonchev–Trinajstić information content (AvgIpc) is 2.77. The summed E-state index contributed by atoms with van der Waals surface area (Å²) in [4.78, 5) is 27.9. The summed E-state index contributed by atoms with van der Waals surface area (Å²) in [5.41, 5.74) is 1.02. The number of amides is 4. The van der Waals surface area contributed by atoms with Gasteiger partial charge in [0.15, 0.2) is 17.9 Å². The number of imide groups is 1. The van der Waals surface area contributed by atoms with Gasteiger partial charge in [0.25, 0.3) is 0 Å². The van der Waals surface area contributed by atoms with E-state index >= 15 is 0 Å². The molecule has 1 unspecified atom stereocenters. The van der Waals surface area contributed by atoms with Crippen LogP contribution in [0.2, 0.25) is 5.02 Å². The van der Waals surface area contributed by atoms with Gasteiger partial charge in [0.2, 0.25) is 0 Å². The van der Waals surface area contributed by atoms with Crippen LogP contribution in [0.3, 0.4) is 0 Å². The number of carbonyl (C=O) groups excluding carboxylic acids is 2. The van der Waals surface area contributed by atoms with Gasteiger partial charge >= 0.3 is 12.1 Å². The second-order valence-electron chi connectivity index (χ2n) is 7.73. The summed E-state index contributed by atoms with van der Waals surface area (Å²) in [6.07, 6.45) is -1.24. The highest BCUT2D eigenvalue weighted by atomic mass is 35.5. The summed E-state index contributed by atoms with van der Waals surface area (Å²) in [7, 11) is 0. The van der Waals surface area contributed by atoms with Gasteiger partial charge in [-0.2, -0.15) is 0 Å². The molecule has 9 nitrogen and oxygen atoms in total. The van der Waals surface area contributed by atoms with E-state index in [1.54, 1.807) is 44.2 Å². The van der Waals surface area contributed by atoms with Crippen LogP contribution in [0.15, 0.2) is 42.5 Å². The number of ether oxygens (including phenoxy) is 1. The van der Waals surface area contributed by atoms with E-state index in [2.05, 4.69) is 10.6 Å². The number of anilines is 1. The van der Waals surface area contributed by atoms with E-state index in [4.69, 9.17) is 16.3 Å². The lowest BCUT2D eigenvalue weighted by Gasteiger charge is -2.43. The molecule has 11 heteroatoms. The second-order valence-corrected chi connectivity index (χ2v) is 8.17. The topological polar surface area (TPSA) is 114 Å². The molecule has 2 aromatic rings. The smallest absolute Gasteiger partial charge is 0.331 e. The zero-order valence-corrected chi connectivity index (χ0v) is 18.9. The van der Waals surface area contributed by atoms with Crippen molar-refractivity contribution in [1.82, 2.24) is 15.1 Å². The van der Waals surface area contributed by atoms with E-state index in [1.807, 2.05) is 0 Å². The number of nitrogens with zero attached hydrogens (tertiary/aromatic N) is 2. The van der Waals surface area contributed by atoms with E-state index in [-0.39, 0.29) is 18.4 Å². The molecular formula is C22H26ClFN4O5. The average molecular weight is 481 g/mol. The van der Waals surface area contributed by atoms with Gasteiger partial charge in [-0.25, -0.2) is 18.9 Å². The van der Waals surface area contributed by atoms with E-state index in [0.29, 0.717) is 16.3 Å². The van der Waals surface area contributed by atoms with Crippen molar-refractivity contribution in [3.8, 4) is 5.75 Å². The van der Waals surface area contributed by atoms with Gasteiger partial charge in [-0.3, -0.25) is 10.2 Å². The van der Waals surface area contributed by atoms with E-state index < -0.39 is 43.4 Å². The van der Waals surface area contributed by atoms with E-state index in [1.165, 1.54) is 17.0 Å². The highest BCUT2D eigenvalue weighted by Gasteiger charge is 2.41. The van der Waals surface area contributed by atoms with Crippen LogP contribution in [0.4, 0.5) is 19.7 Å². The van der Waals surface area contributed by atoms with Crippen molar-refractivity contribution in [3.05, 3.63) is 58.9 Å². The lowest BCUT2D eigenvalue weighted by Crippen LogP contribution is -2.69. The molecule has 0 aliphatic carbocycles. The number of carbonyl (C=O) groups is 2. The van der Waals surface area contributed by atoms with Crippen LogP contribution in [-0.2, 0) is 6.54 Å². The van der Waals surface area contributed by atoms with Crippen molar-refractivity contribution in [2.24, 2.45) is 0 Å². The number of halogens is 2. The molecule has 0 aromatic heterocycles. The number of nitrogens with one attached hydrogen (secondary N) is 2.